The van der Waals surface area contributed by atoms with Crippen molar-refractivity contribution in [2.24, 2.45) is 11.3 Å². The van der Waals surface area contributed by atoms with Gasteiger partial charge in [0.25, 0.3) is 0 Å². The first-order chi connectivity index (χ1) is 11.6. The number of rotatable bonds is 4. The lowest BCUT2D eigenvalue weighted by atomic mass is 9.81. The largest absolute Gasteiger partial charge is 0.416 e. The van der Waals surface area contributed by atoms with E-state index in [0.717, 1.165) is 56.6 Å². The van der Waals surface area contributed by atoms with E-state index >= 15 is 0 Å². The van der Waals surface area contributed by atoms with Crippen LogP contribution in [0.5, 0.6) is 0 Å². The minimum absolute atomic E-state index is 0.0198. The van der Waals surface area contributed by atoms with E-state index in [9.17, 15) is 21.6 Å². The number of halogens is 3. The van der Waals surface area contributed by atoms with Gasteiger partial charge in [-0.3, -0.25) is 0 Å². The van der Waals surface area contributed by atoms with Gasteiger partial charge in [-0.15, -0.1) is 0 Å². The molecule has 0 unspecified atom stereocenters. The molecule has 0 radical (unpaired) electrons. The molecule has 3 rings (SSSR count). The Hall–Kier alpha value is -1.08. The summed E-state index contributed by atoms with van der Waals surface area (Å²) in [4.78, 5) is 2.35. The predicted molar refractivity (Wildman–Crippen MR) is 91.1 cm³/mol. The molecule has 140 valence electrons. The molecule has 2 aliphatic heterocycles. The fraction of sp³-hybridized carbons (Fsp3) is 0.667. The van der Waals surface area contributed by atoms with Crippen LogP contribution in [0, 0.1) is 11.3 Å². The zero-order valence-corrected chi connectivity index (χ0v) is 15.2. The van der Waals surface area contributed by atoms with E-state index in [-0.39, 0.29) is 5.41 Å². The van der Waals surface area contributed by atoms with Crippen LogP contribution in [-0.2, 0) is 22.4 Å². The molecule has 0 amide bonds. The van der Waals surface area contributed by atoms with Crippen molar-refractivity contribution in [3.8, 4) is 0 Å². The SMILES string of the molecule is C[C@@H](Cc1ccc(C(F)(F)F)cc1)CN1CCC2(CC1)CS(=O)(=O)C2. The first kappa shape index (κ1) is 18.7. The number of sulfone groups is 1. The van der Waals surface area contributed by atoms with E-state index in [4.69, 9.17) is 0 Å². The zero-order chi connectivity index (χ0) is 18.3. The second-order valence-corrected chi connectivity index (χ2v) is 9.90. The molecule has 0 saturated carbocycles. The molecule has 7 heteroatoms. The molecule has 1 aromatic rings. The van der Waals surface area contributed by atoms with Crippen molar-refractivity contribution in [2.75, 3.05) is 31.1 Å². The summed E-state index contributed by atoms with van der Waals surface area (Å²) in [5.74, 6) is 1.03. The van der Waals surface area contributed by atoms with Crippen LogP contribution in [-0.4, -0.2) is 44.5 Å². The van der Waals surface area contributed by atoms with Gasteiger partial charge >= 0.3 is 6.18 Å². The highest BCUT2D eigenvalue weighted by Crippen LogP contribution is 2.42. The lowest BCUT2D eigenvalue weighted by Crippen LogP contribution is -2.55. The summed E-state index contributed by atoms with van der Waals surface area (Å²) in [6, 6.07) is 5.40. The first-order valence-electron chi connectivity index (χ1n) is 8.66. The smallest absolute Gasteiger partial charge is 0.303 e. The fourth-order valence-corrected chi connectivity index (χ4v) is 6.49. The minimum Gasteiger partial charge on any atom is -0.303 e. The van der Waals surface area contributed by atoms with Gasteiger partial charge < -0.3 is 4.90 Å². The monoisotopic (exact) mass is 375 g/mol. The Morgan fingerprint density at radius 1 is 1.12 bits per heavy atom. The second kappa shape index (κ2) is 6.58. The Balaban J connectivity index is 1.46. The van der Waals surface area contributed by atoms with E-state index in [1.54, 1.807) is 12.1 Å². The summed E-state index contributed by atoms with van der Waals surface area (Å²) in [6.07, 6.45) is -1.68. The third-order valence-electron chi connectivity index (χ3n) is 5.40. The number of likely N-dealkylation sites (tertiary alicyclic amines) is 1. The molecule has 2 saturated heterocycles. The molecular formula is C18H24F3NO2S. The van der Waals surface area contributed by atoms with Gasteiger partial charge in [0.05, 0.1) is 17.1 Å². The van der Waals surface area contributed by atoms with Crippen LogP contribution < -0.4 is 0 Å². The molecule has 0 aliphatic carbocycles. The van der Waals surface area contributed by atoms with E-state index in [0.29, 0.717) is 17.4 Å². The highest BCUT2D eigenvalue weighted by atomic mass is 32.2. The Bertz CT molecular complexity index is 691. The van der Waals surface area contributed by atoms with Crippen LogP contribution in [0.3, 0.4) is 0 Å². The maximum atomic E-state index is 12.6. The van der Waals surface area contributed by atoms with Gasteiger partial charge in [-0.1, -0.05) is 19.1 Å². The van der Waals surface area contributed by atoms with Crippen LogP contribution in [0.2, 0.25) is 0 Å². The molecule has 25 heavy (non-hydrogen) atoms. The van der Waals surface area contributed by atoms with Gasteiger partial charge in [0.1, 0.15) is 0 Å². The number of piperidine rings is 1. The van der Waals surface area contributed by atoms with Crippen molar-refractivity contribution in [1.82, 2.24) is 4.90 Å². The fourth-order valence-electron chi connectivity index (χ4n) is 4.13. The quantitative estimate of drug-likeness (QED) is 0.810. The number of hydrogen-bond acceptors (Lipinski definition) is 3. The Kier molecular flexibility index (Phi) is 4.92. The summed E-state index contributed by atoms with van der Waals surface area (Å²) in [5, 5.41) is 0. The second-order valence-electron chi connectivity index (χ2n) is 7.84. The number of alkyl halides is 3. The Morgan fingerprint density at radius 3 is 2.16 bits per heavy atom. The molecule has 2 fully saturated rings. The third kappa shape index (κ3) is 4.56. The molecule has 1 spiro atoms. The van der Waals surface area contributed by atoms with Crippen molar-refractivity contribution in [3.63, 3.8) is 0 Å². The van der Waals surface area contributed by atoms with E-state index in [1.165, 1.54) is 0 Å². The average molecular weight is 375 g/mol. The van der Waals surface area contributed by atoms with E-state index < -0.39 is 21.6 Å². The van der Waals surface area contributed by atoms with Gasteiger partial charge in [-0.05, 0) is 56.0 Å². The van der Waals surface area contributed by atoms with Gasteiger partial charge in [0, 0.05) is 12.0 Å². The normalized spacial score (nSPS) is 24.0. The van der Waals surface area contributed by atoms with Crippen LogP contribution in [0.25, 0.3) is 0 Å². The van der Waals surface area contributed by atoms with Crippen LogP contribution in [0.1, 0.15) is 30.9 Å². The number of nitrogens with zero attached hydrogens (tertiary/aromatic N) is 1. The Morgan fingerprint density at radius 2 is 1.68 bits per heavy atom. The Labute approximate surface area is 147 Å². The lowest BCUT2D eigenvalue weighted by molar-refractivity contribution is -0.137. The van der Waals surface area contributed by atoms with Crippen molar-refractivity contribution in [1.29, 1.82) is 0 Å². The maximum Gasteiger partial charge on any atom is 0.416 e. The summed E-state index contributed by atoms with van der Waals surface area (Å²) in [5.41, 5.74) is 0.325. The zero-order valence-electron chi connectivity index (χ0n) is 14.3. The van der Waals surface area contributed by atoms with Crippen molar-refractivity contribution in [3.05, 3.63) is 35.4 Å². The van der Waals surface area contributed by atoms with Crippen molar-refractivity contribution < 1.29 is 21.6 Å². The van der Waals surface area contributed by atoms with Crippen LogP contribution in [0.4, 0.5) is 13.2 Å². The molecule has 0 aromatic heterocycles. The van der Waals surface area contributed by atoms with Crippen molar-refractivity contribution in [2.45, 2.75) is 32.4 Å². The highest BCUT2D eigenvalue weighted by Gasteiger charge is 2.49. The molecule has 2 heterocycles. The molecular weight excluding hydrogens is 351 g/mol. The maximum absolute atomic E-state index is 12.6. The highest BCUT2D eigenvalue weighted by molar-refractivity contribution is 7.92. The minimum atomic E-state index is -4.29. The topological polar surface area (TPSA) is 37.4 Å². The molecule has 1 aromatic carbocycles. The first-order valence-corrected chi connectivity index (χ1v) is 10.5. The summed E-state index contributed by atoms with van der Waals surface area (Å²) >= 11 is 0. The molecule has 1 atom stereocenters. The van der Waals surface area contributed by atoms with Gasteiger partial charge in [0.2, 0.25) is 0 Å². The standard InChI is InChI=1S/C18H24F3NO2S/c1-14(10-15-2-4-16(5-3-15)18(19,20)21)11-22-8-6-17(7-9-22)12-25(23,24)13-17/h2-5,14H,6-13H2,1H3/t14-/m0/s1. The number of hydrogen-bond donors (Lipinski definition) is 0. The van der Waals surface area contributed by atoms with Gasteiger partial charge in [0.15, 0.2) is 9.84 Å². The number of benzene rings is 1. The lowest BCUT2D eigenvalue weighted by Gasteiger charge is -2.47. The van der Waals surface area contributed by atoms with Crippen LogP contribution in [0.15, 0.2) is 24.3 Å². The van der Waals surface area contributed by atoms with Gasteiger partial charge in [-0.2, -0.15) is 13.2 Å². The molecule has 0 bridgehead atoms. The van der Waals surface area contributed by atoms with Gasteiger partial charge in [-0.25, -0.2) is 8.42 Å². The van der Waals surface area contributed by atoms with E-state index in [2.05, 4.69) is 11.8 Å². The molecule has 2 aliphatic rings. The van der Waals surface area contributed by atoms with Crippen molar-refractivity contribution >= 4 is 9.84 Å². The third-order valence-corrected chi connectivity index (χ3v) is 7.51. The summed E-state index contributed by atoms with van der Waals surface area (Å²) in [6.45, 7) is 4.82. The summed E-state index contributed by atoms with van der Waals surface area (Å²) < 4.78 is 60.6. The summed E-state index contributed by atoms with van der Waals surface area (Å²) in [7, 11) is -2.78. The predicted octanol–water partition coefficient (Wildman–Crippen LogP) is 3.39. The molecule has 0 N–H and O–H groups in total. The van der Waals surface area contributed by atoms with Crippen LogP contribution >= 0.6 is 0 Å². The molecule has 3 nitrogen and oxygen atoms in total. The average Bonchev–Trinajstić information content (AvgIpc) is 2.47. The van der Waals surface area contributed by atoms with E-state index in [1.807, 2.05) is 0 Å².